The van der Waals surface area contributed by atoms with Crippen molar-refractivity contribution in [3.8, 4) is 0 Å². The Balaban J connectivity index is 2.55. The summed E-state index contributed by atoms with van der Waals surface area (Å²) in [6.45, 7) is 7.44. The number of nitrogens with zero attached hydrogens (tertiary/aromatic N) is 2. The number of hydrogen-bond donors (Lipinski definition) is 1. The molecule has 0 saturated heterocycles. The van der Waals surface area contributed by atoms with E-state index in [1.54, 1.807) is 0 Å². The highest BCUT2D eigenvalue weighted by atomic mass is 15.3. The zero-order valence-electron chi connectivity index (χ0n) is 9.40. The molecule has 0 amide bonds. The number of aromatic nitrogens is 2. The first-order chi connectivity index (χ1) is 6.65. The van der Waals surface area contributed by atoms with E-state index in [4.69, 9.17) is 5.73 Å². The van der Waals surface area contributed by atoms with Gasteiger partial charge in [-0.2, -0.15) is 5.10 Å². The first-order valence-electron chi connectivity index (χ1n) is 5.42. The normalized spacial score (nSPS) is 13.5. The molecule has 0 spiro atoms. The van der Waals surface area contributed by atoms with Gasteiger partial charge in [0.2, 0.25) is 0 Å². The molecule has 0 radical (unpaired) electrons. The molecule has 2 N–H and O–H groups in total. The zero-order chi connectivity index (χ0) is 10.6. The highest BCUT2D eigenvalue weighted by molar-refractivity contribution is 5.05. The van der Waals surface area contributed by atoms with Crippen LogP contribution in [0.25, 0.3) is 0 Å². The SMILES string of the molecule is CCn1nccc1C(N)CCC(C)C. The standard InChI is InChI=1S/C11H21N3/c1-4-14-11(7-8-13-14)10(12)6-5-9(2)3/h7-10H,4-6,12H2,1-3H3. The lowest BCUT2D eigenvalue weighted by Gasteiger charge is -2.14. The van der Waals surface area contributed by atoms with Crippen LogP contribution in [-0.4, -0.2) is 9.78 Å². The van der Waals surface area contributed by atoms with E-state index in [0.29, 0.717) is 0 Å². The third-order valence-electron chi connectivity index (χ3n) is 2.48. The molecule has 1 aromatic heterocycles. The lowest BCUT2D eigenvalue weighted by molar-refractivity contribution is 0.479. The van der Waals surface area contributed by atoms with Gasteiger partial charge in [-0.1, -0.05) is 13.8 Å². The van der Waals surface area contributed by atoms with Gasteiger partial charge < -0.3 is 5.73 Å². The second-order valence-corrected chi connectivity index (χ2v) is 4.15. The molecule has 0 aliphatic heterocycles. The summed E-state index contributed by atoms with van der Waals surface area (Å²) in [4.78, 5) is 0. The van der Waals surface area contributed by atoms with Gasteiger partial charge >= 0.3 is 0 Å². The molecule has 14 heavy (non-hydrogen) atoms. The van der Waals surface area contributed by atoms with E-state index in [-0.39, 0.29) is 6.04 Å². The maximum atomic E-state index is 6.10. The molecule has 1 aromatic rings. The maximum Gasteiger partial charge on any atom is 0.0551 e. The maximum absolute atomic E-state index is 6.10. The molecule has 1 atom stereocenters. The molecular weight excluding hydrogens is 174 g/mol. The van der Waals surface area contributed by atoms with Crippen LogP contribution in [-0.2, 0) is 6.54 Å². The van der Waals surface area contributed by atoms with Crippen LogP contribution in [0.15, 0.2) is 12.3 Å². The van der Waals surface area contributed by atoms with Gasteiger partial charge in [-0.15, -0.1) is 0 Å². The van der Waals surface area contributed by atoms with Gasteiger partial charge in [0.1, 0.15) is 0 Å². The fourth-order valence-electron chi connectivity index (χ4n) is 1.58. The molecule has 1 unspecified atom stereocenters. The van der Waals surface area contributed by atoms with E-state index in [9.17, 15) is 0 Å². The molecule has 0 aliphatic rings. The molecule has 1 heterocycles. The highest BCUT2D eigenvalue weighted by Crippen LogP contribution is 2.17. The number of aryl methyl sites for hydroxylation is 1. The van der Waals surface area contributed by atoms with Crippen LogP contribution >= 0.6 is 0 Å². The van der Waals surface area contributed by atoms with E-state index in [0.717, 1.165) is 24.6 Å². The summed E-state index contributed by atoms with van der Waals surface area (Å²) < 4.78 is 1.98. The molecule has 80 valence electrons. The van der Waals surface area contributed by atoms with Crippen molar-refractivity contribution in [3.05, 3.63) is 18.0 Å². The molecule has 0 bridgehead atoms. The van der Waals surface area contributed by atoms with Crippen molar-refractivity contribution in [2.24, 2.45) is 11.7 Å². The zero-order valence-corrected chi connectivity index (χ0v) is 9.40. The van der Waals surface area contributed by atoms with Gasteiger partial charge in [0.05, 0.1) is 5.69 Å². The fourth-order valence-corrected chi connectivity index (χ4v) is 1.58. The second kappa shape index (κ2) is 5.15. The summed E-state index contributed by atoms with van der Waals surface area (Å²) >= 11 is 0. The third-order valence-corrected chi connectivity index (χ3v) is 2.48. The average Bonchev–Trinajstić information content (AvgIpc) is 2.61. The summed E-state index contributed by atoms with van der Waals surface area (Å²) in [5.41, 5.74) is 7.26. The Morgan fingerprint density at radius 1 is 1.43 bits per heavy atom. The number of rotatable bonds is 5. The molecule has 3 heteroatoms. The number of nitrogens with two attached hydrogens (primary N) is 1. The van der Waals surface area contributed by atoms with E-state index < -0.39 is 0 Å². The van der Waals surface area contributed by atoms with E-state index in [1.807, 2.05) is 16.9 Å². The lowest BCUT2D eigenvalue weighted by atomic mass is 10.0. The summed E-state index contributed by atoms with van der Waals surface area (Å²) in [7, 11) is 0. The van der Waals surface area contributed by atoms with Crippen molar-refractivity contribution in [1.29, 1.82) is 0 Å². The smallest absolute Gasteiger partial charge is 0.0551 e. The second-order valence-electron chi connectivity index (χ2n) is 4.15. The number of hydrogen-bond acceptors (Lipinski definition) is 2. The molecule has 1 rings (SSSR count). The van der Waals surface area contributed by atoms with Gasteiger partial charge in [-0.25, -0.2) is 0 Å². The molecule has 0 aliphatic carbocycles. The predicted octanol–water partition coefficient (Wildman–Crippen LogP) is 2.34. The minimum atomic E-state index is 0.139. The van der Waals surface area contributed by atoms with Gasteiger partial charge in [-0.05, 0) is 31.7 Å². The quantitative estimate of drug-likeness (QED) is 0.783. The third kappa shape index (κ3) is 2.84. The molecule has 0 fully saturated rings. The Morgan fingerprint density at radius 3 is 2.71 bits per heavy atom. The minimum absolute atomic E-state index is 0.139. The summed E-state index contributed by atoms with van der Waals surface area (Å²) in [6.07, 6.45) is 4.05. The average molecular weight is 195 g/mol. The minimum Gasteiger partial charge on any atom is -0.323 e. The van der Waals surface area contributed by atoms with Gasteiger partial charge in [-0.3, -0.25) is 4.68 Å². The van der Waals surface area contributed by atoms with Crippen molar-refractivity contribution >= 4 is 0 Å². The molecule has 3 nitrogen and oxygen atoms in total. The van der Waals surface area contributed by atoms with Gasteiger partial charge in [0.25, 0.3) is 0 Å². The predicted molar refractivity (Wildman–Crippen MR) is 58.9 cm³/mol. The van der Waals surface area contributed by atoms with Crippen LogP contribution in [0.4, 0.5) is 0 Å². The van der Waals surface area contributed by atoms with Gasteiger partial charge in [0, 0.05) is 18.8 Å². The Hall–Kier alpha value is -0.830. The highest BCUT2D eigenvalue weighted by Gasteiger charge is 2.11. The van der Waals surface area contributed by atoms with E-state index in [1.165, 1.54) is 6.42 Å². The molecular formula is C11H21N3. The largest absolute Gasteiger partial charge is 0.323 e. The summed E-state index contributed by atoms with van der Waals surface area (Å²) in [5, 5.41) is 4.22. The Bertz CT molecular complexity index is 265. The van der Waals surface area contributed by atoms with Crippen molar-refractivity contribution in [2.75, 3.05) is 0 Å². The van der Waals surface area contributed by atoms with Crippen LogP contribution in [0.2, 0.25) is 0 Å². The Labute approximate surface area is 86.3 Å². The first-order valence-corrected chi connectivity index (χ1v) is 5.42. The van der Waals surface area contributed by atoms with Crippen molar-refractivity contribution in [3.63, 3.8) is 0 Å². The summed E-state index contributed by atoms with van der Waals surface area (Å²) in [5.74, 6) is 0.721. The molecule has 0 aromatic carbocycles. The van der Waals surface area contributed by atoms with Crippen LogP contribution in [0.1, 0.15) is 45.3 Å². The van der Waals surface area contributed by atoms with Crippen LogP contribution < -0.4 is 5.73 Å². The topological polar surface area (TPSA) is 43.8 Å². The van der Waals surface area contributed by atoms with Crippen LogP contribution in [0, 0.1) is 5.92 Å². The van der Waals surface area contributed by atoms with Crippen LogP contribution in [0.5, 0.6) is 0 Å². The fraction of sp³-hybridized carbons (Fsp3) is 0.727. The van der Waals surface area contributed by atoms with Gasteiger partial charge in [0.15, 0.2) is 0 Å². The summed E-state index contributed by atoms with van der Waals surface area (Å²) in [6, 6.07) is 2.16. The van der Waals surface area contributed by atoms with E-state index in [2.05, 4.69) is 25.9 Å². The molecule has 0 saturated carbocycles. The first kappa shape index (κ1) is 11.2. The lowest BCUT2D eigenvalue weighted by Crippen LogP contribution is -2.16. The van der Waals surface area contributed by atoms with Crippen molar-refractivity contribution in [1.82, 2.24) is 9.78 Å². The Morgan fingerprint density at radius 2 is 2.14 bits per heavy atom. The van der Waals surface area contributed by atoms with E-state index >= 15 is 0 Å². The Kier molecular flexibility index (Phi) is 4.14. The van der Waals surface area contributed by atoms with Crippen LogP contribution in [0.3, 0.4) is 0 Å². The monoisotopic (exact) mass is 195 g/mol. The van der Waals surface area contributed by atoms with Crippen molar-refractivity contribution in [2.45, 2.75) is 46.2 Å². The van der Waals surface area contributed by atoms with Crippen molar-refractivity contribution < 1.29 is 0 Å².